The van der Waals surface area contributed by atoms with Gasteiger partial charge in [0.2, 0.25) is 0 Å². The van der Waals surface area contributed by atoms with Gasteiger partial charge in [0, 0.05) is 32.2 Å². The number of halogens is 3. The Morgan fingerprint density at radius 1 is 1.10 bits per heavy atom. The Morgan fingerprint density at radius 3 is 2.14 bits per heavy atom. The summed E-state index contributed by atoms with van der Waals surface area (Å²) in [7, 11) is 6.35. The van der Waals surface area contributed by atoms with Gasteiger partial charge in [-0.3, -0.25) is 4.90 Å². The zero-order valence-corrected chi connectivity index (χ0v) is 15.5. The molecule has 6 heteroatoms. The SMILES string of the molecule is CNCc1ccc(CN2CCC(N(C)C)C2)cc1.Cl.Cl.Cl. The van der Waals surface area contributed by atoms with E-state index >= 15 is 0 Å². The zero-order valence-electron chi connectivity index (χ0n) is 13.0. The number of hydrogen-bond donors (Lipinski definition) is 1. The van der Waals surface area contributed by atoms with Gasteiger partial charge in [0.1, 0.15) is 0 Å². The molecule has 21 heavy (non-hydrogen) atoms. The van der Waals surface area contributed by atoms with Crippen molar-refractivity contribution in [3.63, 3.8) is 0 Å². The molecule has 124 valence electrons. The number of hydrogen-bond acceptors (Lipinski definition) is 3. The van der Waals surface area contributed by atoms with E-state index in [0.29, 0.717) is 0 Å². The second-order valence-electron chi connectivity index (χ2n) is 5.49. The zero-order chi connectivity index (χ0) is 13.0. The van der Waals surface area contributed by atoms with E-state index in [2.05, 4.69) is 53.5 Å². The van der Waals surface area contributed by atoms with E-state index < -0.39 is 0 Å². The van der Waals surface area contributed by atoms with Crippen LogP contribution in [0.15, 0.2) is 24.3 Å². The predicted octanol–water partition coefficient (Wildman–Crippen LogP) is 2.81. The summed E-state index contributed by atoms with van der Waals surface area (Å²) >= 11 is 0. The van der Waals surface area contributed by atoms with Crippen LogP contribution in [0, 0.1) is 0 Å². The quantitative estimate of drug-likeness (QED) is 0.875. The van der Waals surface area contributed by atoms with Crippen LogP contribution in [0.4, 0.5) is 0 Å². The molecule has 1 fully saturated rings. The average molecular weight is 357 g/mol. The molecule has 3 nitrogen and oxygen atoms in total. The van der Waals surface area contributed by atoms with E-state index in [1.165, 1.54) is 30.6 Å². The minimum atomic E-state index is 0. The number of likely N-dealkylation sites (N-methyl/N-ethyl adjacent to an activating group) is 1. The van der Waals surface area contributed by atoms with Crippen molar-refractivity contribution in [3.8, 4) is 0 Å². The van der Waals surface area contributed by atoms with E-state index in [4.69, 9.17) is 0 Å². The molecule has 1 aliphatic rings. The second kappa shape index (κ2) is 11.5. The smallest absolute Gasteiger partial charge is 0.0234 e. The Kier molecular flexibility index (Phi) is 12.8. The first-order chi connectivity index (χ1) is 8.69. The molecule has 1 saturated heterocycles. The van der Waals surface area contributed by atoms with Gasteiger partial charge in [-0.1, -0.05) is 24.3 Å². The molecule has 1 N–H and O–H groups in total. The highest BCUT2D eigenvalue weighted by Gasteiger charge is 2.23. The third-order valence-electron chi connectivity index (χ3n) is 3.79. The summed E-state index contributed by atoms with van der Waals surface area (Å²) in [6.45, 7) is 4.46. The van der Waals surface area contributed by atoms with Crippen LogP contribution in [-0.2, 0) is 13.1 Å². The molecule has 0 spiro atoms. The largest absolute Gasteiger partial charge is 0.316 e. The third-order valence-corrected chi connectivity index (χ3v) is 3.79. The first-order valence-corrected chi connectivity index (χ1v) is 6.80. The van der Waals surface area contributed by atoms with E-state index in [0.717, 1.165) is 19.1 Å². The van der Waals surface area contributed by atoms with Gasteiger partial charge in [-0.05, 0) is 38.7 Å². The van der Waals surface area contributed by atoms with Crippen molar-refractivity contribution in [2.24, 2.45) is 0 Å². The van der Waals surface area contributed by atoms with Gasteiger partial charge in [-0.25, -0.2) is 0 Å². The monoisotopic (exact) mass is 355 g/mol. The highest BCUT2D eigenvalue weighted by Crippen LogP contribution is 2.16. The van der Waals surface area contributed by atoms with Crippen molar-refractivity contribution in [1.82, 2.24) is 15.1 Å². The van der Waals surface area contributed by atoms with Crippen molar-refractivity contribution in [3.05, 3.63) is 35.4 Å². The lowest BCUT2D eigenvalue weighted by Crippen LogP contribution is -2.31. The number of nitrogens with zero attached hydrogens (tertiary/aromatic N) is 2. The first kappa shape index (κ1) is 23.2. The van der Waals surface area contributed by atoms with Gasteiger partial charge in [0.05, 0.1) is 0 Å². The van der Waals surface area contributed by atoms with Crippen LogP contribution >= 0.6 is 37.2 Å². The normalized spacial score (nSPS) is 17.8. The average Bonchev–Trinajstić information content (AvgIpc) is 2.81. The minimum Gasteiger partial charge on any atom is -0.316 e. The Hall–Kier alpha value is -0.0300. The lowest BCUT2D eigenvalue weighted by atomic mass is 10.1. The van der Waals surface area contributed by atoms with E-state index in [9.17, 15) is 0 Å². The lowest BCUT2D eigenvalue weighted by molar-refractivity contribution is 0.264. The van der Waals surface area contributed by atoms with Gasteiger partial charge in [0.25, 0.3) is 0 Å². The lowest BCUT2D eigenvalue weighted by Gasteiger charge is -2.20. The fraction of sp³-hybridized carbons (Fsp3) is 0.600. The molecular weight excluding hydrogens is 329 g/mol. The highest BCUT2D eigenvalue weighted by molar-refractivity contribution is 5.86. The molecule has 0 saturated carbocycles. The van der Waals surface area contributed by atoms with Crippen molar-refractivity contribution in [2.75, 3.05) is 34.2 Å². The third kappa shape index (κ3) is 7.18. The molecule has 1 aromatic carbocycles. The number of benzene rings is 1. The van der Waals surface area contributed by atoms with Crippen molar-refractivity contribution in [1.29, 1.82) is 0 Å². The Balaban J connectivity index is 0. The maximum absolute atomic E-state index is 3.18. The Labute approximate surface area is 147 Å². The summed E-state index contributed by atoms with van der Waals surface area (Å²) in [5.74, 6) is 0. The summed E-state index contributed by atoms with van der Waals surface area (Å²) in [5.41, 5.74) is 2.78. The van der Waals surface area contributed by atoms with Crippen LogP contribution in [0.1, 0.15) is 17.5 Å². The molecule has 0 aromatic heterocycles. The molecule has 0 radical (unpaired) electrons. The highest BCUT2D eigenvalue weighted by atomic mass is 35.5. The maximum Gasteiger partial charge on any atom is 0.0234 e. The van der Waals surface area contributed by atoms with Gasteiger partial charge < -0.3 is 10.2 Å². The number of likely N-dealkylation sites (tertiary alicyclic amines) is 1. The van der Waals surface area contributed by atoms with Crippen LogP contribution in [0.3, 0.4) is 0 Å². The Morgan fingerprint density at radius 2 is 1.67 bits per heavy atom. The van der Waals surface area contributed by atoms with Gasteiger partial charge >= 0.3 is 0 Å². The maximum atomic E-state index is 3.18. The summed E-state index contributed by atoms with van der Waals surface area (Å²) in [6.07, 6.45) is 1.30. The van der Waals surface area contributed by atoms with Gasteiger partial charge in [0.15, 0.2) is 0 Å². The number of rotatable bonds is 5. The molecule has 1 atom stereocenters. The predicted molar refractivity (Wildman–Crippen MR) is 98.3 cm³/mol. The molecule has 1 heterocycles. The van der Waals surface area contributed by atoms with Crippen LogP contribution in [0.25, 0.3) is 0 Å². The molecule has 1 unspecified atom stereocenters. The van der Waals surface area contributed by atoms with Crippen molar-refractivity contribution >= 4 is 37.2 Å². The van der Waals surface area contributed by atoms with Gasteiger partial charge in [-0.15, -0.1) is 37.2 Å². The van der Waals surface area contributed by atoms with Crippen LogP contribution in [-0.4, -0.2) is 50.1 Å². The summed E-state index contributed by atoms with van der Waals surface area (Å²) < 4.78 is 0. The van der Waals surface area contributed by atoms with E-state index in [1.54, 1.807) is 0 Å². The molecular formula is C15H28Cl3N3. The van der Waals surface area contributed by atoms with Crippen LogP contribution in [0.2, 0.25) is 0 Å². The van der Waals surface area contributed by atoms with Gasteiger partial charge in [-0.2, -0.15) is 0 Å². The van der Waals surface area contributed by atoms with Crippen LogP contribution in [0.5, 0.6) is 0 Å². The number of nitrogens with one attached hydrogen (secondary N) is 1. The van der Waals surface area contributed by atoms with E-state index in [1.807, 2.05) is 7.05 Å². The molecule has 0 amide bonds. The summed E-state index contributed by atoms with van der Waals surface area (Å²) in [5, 5.41) is 3.18. The molecule has 1 aromatic rings. The van der Waals surface area contributed by atoms with E-state index in [-0.39, 0.29) is 37.2 Å². The summed E-state index contributed by atoms with van der Waals surface area (Å²) in [6, 6.07) is 9.70. The standard InChI is InChI=1S/C15H25N3.3ClH/c1-16-10-13-4-6-14(7-5-13)11-18-9-8-15(12-18)17(2)3;;;/h4-7,15-16H,8-12H2,1-3H3;3*1H. The molecule has 0 aliphatic carbocycles. The second-order valence-corrected chi connectivity index (χ2v) is 5.49. The fourth-order valence-corrected chi connectivity index (χ4v) is 2.60. The fourth-order valence-electron chi connectivity index (χ4n) is 2.60. The summed E-state index contributed by atoms with van der Waals surface area (Å²) in [4.78, 5) is 4.90. The minimum absolute atomic E-state index is 0. The molecule has 2 rings (SSSR count). The van der Waals surface area contributed by atoms with Crippen molar-refractivity contribution in [2.45, 2.75) is 25.6 Å². The molecule has 0 bridgehead atoms. The Bertz CT molecular complexity index is 371. The first-order valence-electron chi connectivity index (χ1n) is 6.80. The van der Waals surface area contributed by atoms with Crippen LogP contribution < -0.4 is 5.32 Å². The van der Waals surface area contributed by atoms with Crippen molar-refractivity contribution < 1.29 is 0 Å². The molecule has 1 aliphatic heterocycles. The topological polar surface area (TPSA) is 18.5 Å².